The van der Waals surface area contributed by atoms with E-state index in [1.807, 2.05) is 12.1 Å². The number of para-hydroxylation sites is 1. The van der Waals surface area contributed by atoms with E-state index in [9.17, 15) is 0 Å². The second-order valence-corrected chi connectivity index (χ2v) is 5.01. The van der Waals surface area contributed by atoms with Crippen LogP contribution in [0.5, 0.6) is 5.75 Å². The van der Waals surface area contributed by atoms with Crippen molar-refractivity contribution in [3.63, 3.8) is 0 Å². The smallest absolute Gasteiger partial charge is 0.122 e. The van der Waals surface area contributed by atoms with E-state index < -0.39 is 0 Å². The third-order valence-corrected chi connectivity index (χ3v) is 3.51. The normalized spacial score (nSPS) is 20.6. The minimum atomic E-state index is 0.160. The van der Waals surface area contributed by atoms with Gasteiger partial charge in [-0.2, -0.15) is 0 Å². The Balaban J connectivity index is 2.19. The molecule has 0 saturated carbocycles. The molecule has 1 heterocycles. The lowest BCUT2D eigenvalue weighted by Crippen LogP contribution is -2.39. The monoisotopic (exact) mass is 205 g/mol. The third kappa shape index (κ3) is 2.00. The van der Waals surface area contributed by atoms with E-state index in [2.05, 4.69) is 26.0 Å². The van der Waals surface area contributed by atoms with Gasteiger partial charge >= 0.3 is 0 Å². The van der Waals surface area contributed by atoms with E-state index in [1.54, 1.807) is 0 Å². The molecule has 0 aromatic heterocycles. The number of nitrogens with two attached hydrogens (primary N) is 1. The zero-order valence-corrected chi connectivity index (χ0v) is 9.49. The molecule has 2 rings (SSSR count). The Labute approximate surface area is 91.4 Å². The number of fused-ring (bicyclic) bond motifs is 1. The molecule has 2 N–H and O–H groups in total. The number of ether oxygens (including phenoxy) is 1. The van der Waals surface area contributed by atoms with Crippen LogP contribution in [0.3, 0.4) is 0 Å². The van der Waals surface area contributed by atoms with Crippen molar-refractivity contribution in [2.24, 2.45) is 17.1 Å². The van der Waals surface area contributed by atoms with E-state index >= 15 is 0 Å². The summed E-state index contributed by atoms with van der Waals surface area (Å²) >= 11 is 0. The summed E-state index contributed by atoms with van der Waals surface area (Å²) in [6.45, 7) is 5.94. The highest BCUT2D eigenvalue weighted by Crippen LogP contribution is 2.35. The third-order valence-electron chi connectivity index (χ3n) is 3.51. The molecular formula is C13H19NO. The molecule has 0 spiro atoms. The first kappa shape index (κ1) is 10.5. The fourth-order valence-corrected chi connectivity index (χ4v) is 2.00. The van der Waals surface area contributed by atoms with Gasteiger partial charge in [0.05, 0.1) is 6.61 Å². The molecule has 0 saturated heterocycles. The molecular weight excluding hydrogens is 186 g/mol. The average molecular weight is 205 g/mol. The fourth-order valence-electron chi connectivity index (χ4n) is 2.00. The average Bonchev–Trinajstić information content (AvgIpc) is 2.28. The van der Waals surface area contributed by atoms with Gasteiger partial charge in [-0.3, -0.25) is 0 Å². The Morgan fingerprint density at radius 3 is 2.87 bits per heavy atom. The zero-order valence-electron chi connectivity index (χ0n) is 9.49. The molecule has 1 atom stereocenters. The molecule has 2 nitrogen and oxygen atoms in total. The topological polar surface area (TPSA) is 35.2 Å². The Bertz CT molecular complexity index is 346. The molecule has 0 fully saturated rings. The largest absolute Gasteiger partial charge is 0.493 e. The van der Waals surface area contributed by atoms with Crippen molar-refractivity contribution in [1.29, 1.82) is 0 Å². The maximum absolute atomic E-state index is 5.80. The summed E-state index contributed by atoms with van der Waals surface area (Å²) in [4.78, 5) is 0. The van der Waals surface area contributed by atoms with Crippen LogP contribution in [0.4, 0.5) is 0 Å². The van der Waals surface area contributed by atoms with Gasteiger partial charge in [-0.1, -0.05) is 32.0 Å². The predicted molar refractivity (Wildman–Crippen MR) is 62.0 cm³/mol. The van der Waals surface area contributed by atoms with E-state index in [0.717, 1.165) is 18.8 Å². The summed E-state index contributed by atoms with van der Waals surface area (Å²) in [6, 6.07) is 8.28. The van der Waals surface area contributed by atoms with Gasteiger partial charge in [-0.15, -0.1) is 0 Å². The maximum Gasteiger partial charge on any atom is 0.122 e. The standard InChI is InChI=1S/C13H19NO/c1-13(2,9-14)11-7-10-5-3-4-6-12(10)15-8-11/h3-6,11H,7-9,14H2,1-2H3. The molecule has 1 aliphatic rings. The van der Waals surface area contributed by atoms with E-state index in [0.29, 0.717) is 12.5 Å². The first-order chi connectivity index (χ1) is 7.13. The number of benzene rings is 1. The lowest BCUT2D eigenvalue weighted by Gasteiger charge is -2.36. The second-order valence-electron chi connectivity index (χ2n) is 5.01. The maximum atomic E-state index is 5.80. The van der Waals surface area contributed by atoms with Gasteiger partial charge < -0.3 is 10.5 Å². The lowest BCUT2D eigenvalue weighted by atomic mass is 9.75. The predicted octanol–water partition coefficient (Wildman–Crippen LogP) is 2.22. The zero-order chi connectivity index (χ0) is 10.9. The molecule has 0 bridgehead atoms. The Kier molecular flexibility index (Phi) is 2.70. The van der Waals surface area contributed by atoms with Crippen LogP contribution in [-0.2, 0) is 6.42 Å². The van der Waals surface area contributed by atoms with Crippen LogP contribution in [0.15, 0.2) is 24.3 Å². The SMILES string of the molecule is CC(C)(CN)C1COc2ccccc2C1. The number of hydrogen-bond acceptors (Lipinski definition) is 2. The first-order valence-electron chi connectivity index (χ1n) is 5.54. The van der Waals surface area contributed by atoms with Gasteiger partial charge in [0, 0.05) is 5.92 Å². The number of rotatable bonds is 2. The van der Waals surface area contributed by atoms with E-state index in [-0.39, 0.29) is 5.41 Å². The van der Waals surface area contributed by atoms with Gasteiger partial charge in [0.15, 0.2) is 0 Å². The molecule has 0 radical (unpaired) electrons. The van der Waals surface area contributed by atoms with Crippen molar-refractivity contribution in [2.75, 3.05) is 13.2 Å². The highest BCUT2D eigenvalue weighted by Gasteiger charge is 2.32. The van der Waals surface area contributed by atoms with Crippen molar-refractivity contribution >= 4 is 0 Å². The van der Waals surface area contributed by atoms with Crippen LogP contribution in [0.1, 0.15) is 19.4 Å². The Morgan fingerprint density at radius 1 is 1.40 bits per heavy atom. The summed E-state index contributed by atoms with van der Waals surface area (Å²) in [6.07, 6.45) is 1.08. The molecule has 1 unspecified atom stereocenters. The molecule has 1 aliphatic heterocycles. The van der Waals surface area contributed by atoms with Gasteiger partial charge in [0.1, 0.15) is 5.75 Å². The fraction of sp³-hybridized carbons (Fsp3) is 0.538. The van der Waals surface area contributed by atoms with E-state index in [4.69, 9.17) is 10.5 Å². The summed E-state index contributed by atoms with van der Waals surface area (Å²) in [5.41, 5.74) is 7.28. The van der Waals surface area contributed by atoms with Gasteiger partial charge in [0.2, 0.25) is 0 Å². The van der Waals surface area contributed by atoms with Gasteiger partial charge in [0.25, 0.3) is 0 Å². The minimum absolute atomic E-state index is 0.160. The highest BCUT2D eigenvalue weighted by molar-refractivity contribution is 5.35. The van der Waals surface area contributed by atoms with Crippen LogP contribution in [0.2, 0.25) is 0 Å². The van der Waals surface area contributed by atoms with Gasteiger partial charge in [-0.25, -0.2) is 0 Å². The molecule has 0 amide bonds. The van der Waals surface area contributed by atoms with Crippen LogP contribution in [-0.4, -0.2) is 13.2 Å². The van der Waals surface area contributed by atoms with Crippen molar-refractivity contribution in [1.82, 2.24) is 0 Å². The summed E-state index contributed by atoms with van der Waals surface area (Å²) < 4.78 is 5.77. The van der Waals surface area contributed by atoms with Crippen LogP contribution in [0, 0.1) is 11.3 Å². The molecule has 82 valence electrons. The molecule has 1 aromatic carbocycles. The van der Waals surface area contributed by atoms with Crippen molar-refractivity contribution in [2.45, 2.75) is 20.3 Å². The van der Waals surface area contributed by atoms with Crippen LogP contribution < -0.4 is 10.5 Å². The molecule has 15 heavy (non-hydrogen) atoms. The van der Waals surface area contributed by atoms with Crippen molar-refractivity contribution in [3.8, 4) is 5.75 Å². The van der Waals surface area contributed by atoms with Crippen molar-refractivity contribution < 1.29 is 4.74 Å². The molecule has 1 aromatic rings. The minimum Gasteiger partial charge on any atom is -0.493 e. The Morgan fingerprint density at radius 2 is 2.13 bits per heavy atom. The van der Waals surface area contributed by atoms with Crippen LogP contribution >= 0.6 is 0 Å². The molecule has 2 heteroatoms. The highest BCUT2D eigenvalue weighted by atomic mass is 16.5. The Hall–Kier alpha value is -1.02. The first-order valence-corrected chi connectivity index (χ1v) is 5.54. The lowest BCUT2D eigenvalue weighted by molar-refractivity contribution is 0.119. The summed E-state index contributed by atoms with van der Waals surface area (Å²) in [5, 5.41) is 0. The number of hydrogen-bond donors (Lipinski definition) is 1. The summed E-state index contributed by atoms with van der Waals surface area (Å²) in [5.74, 6) is 1.57. The van der Waals surface area contributed by atoms with Crippen molar-refractivity contribution in [3.05, 3.63) is 29.8 Å². The molecule has 0 aliphatic carbocycles. The summed E-state index contributed by atoms with van der Waals surface area (Å²) in [7, 11) is 0. The quantitative estimate of drug-likeness (QED) is 0.803. The van der Waals surface area contributed by atoms with Gasteiger partial charge in [-0.05, 0) is 30.0 Å². The van der Waals surface area contributed by atoms with E-state index in [1.165, 1.54) is 5.56 Å². The van der Waals surface area contributed by atoms with Crippen LogP contribution in [0.25, 0.3) is 0 Å². The second kappa shape index (κ2) is 3.86.